The molecule has 0 atom stereocenters. The molecule has 0 unspecified atom stereocenters. The first-order valence-corrected chi connectivity index (χ1v) is 8.01. The standard InChI is InChI=1S/C19H20N2O5/c1-25-16-10-8-15(9-11-16)19(24)21-20-17(22)13-26-18(23)12-7-14-5-3-2-4-6-14/h2-6,8-11H,7,12-13H2,1H3,(H,20,22)(H,21,24). The molecule has 136 valence electrons. The number of nitrogens with one attached hydrogen (secondary N) is 2. The third-order valence-corrected chi connectivity index (χ3v) is 3.49. The number of aryl methyl sites for hydroxylation is 1. The maximum absolute atomic E-state index is 11.9. The highest BCUT2D eigenvalue weighted by Crippen LogP contribution is 2.10. The summed E-state index contributed by atoms with van der Waals surface area (Å²) in [5, 5.41) is 0. The normalized spacial score (nSPS) is 9.88. The van der Waals surface area contributed by atoms with Gasteiger partial charge >= 0.3 is 5.97 Å². The molecular weight excluding hydrogens is 336 g/mol. The number of hydrogen-bond donors (Lipinski definition) is 2. The first-order chi connectivity index (χ1) is 12.6. The second-order valence-electron chi connectivity index (χ2n) is 5.38. The lowest BCUT2D eigenvalue weighted by atomic mass is 10.1. The van der Waals surface area contributed by atoms with Gasteiger partial charge in [0.15, 0.2) is 6.61 Å². The highest BCUT2D eigenvalue weighted by atomic mass is 16.5. The van der Waals surface area contributed by atoms with Crippen LogP contribution in [0.25, 0.3) is 0 Å². The van der Waals surface area contributed by atoms with Gasteiger partial charge in [0.2, 0.25) is 0 Å². The Kier molecular flexibility index (Phi) is 7.17. The zero-order valence-corrected chi connectivity index (χ0v) is 14.4. The molecule has 0 bridgehead atoms. The van der Waals surface area contributed by atoms with Crippen molar-refractivity contribution >= 4 is 17.8 Å². The molecule has 2 amide bonds. The summed E-state index contributed by atoms with van der Waals surface area (Å²) >= 11 is 0. The molecule has 0 spiro atoms. The van der Waals surface area contributed by atoms with Gasteiger partial charge in [0, 0.05) is 12.0 Å². The Balaban J connectivity index is 1.66. The van der Waals surface area contributed by atoms with Crippen LogP contribution < -0.4 is 15.6 Å². The summed E-state index contributed by atoms with van der Waals surface area (Å²) in [5.74, 6) is -0.977. The van der Waals surface area contributed by atoms with Crippen LogP contribution in [0.5, 0.6) is 5.75 Å². The third-order valence-electron chi connectivity index (χ3n) is 3.49. The Hall–Kier alpha value is -3.35. The molecule has 2 aromatic rings. The Morgan fingerprint density at radius 2 is 1.62 bits per heavy atom. The van der Waals surface area contributed by atoms with Gasteiger partial charge < -0.3 is 9.47 Å². The van der Waals surface area contributed by atoms with Crippen LogP contribution in [0.2, 0.25) is 0 Å². The number of ether oxygens (including phenoxy) is 2. The van der Waals surface area contributed by atoms with Crippen molar-refractivity contribution in [2.75, 3.05) is 13.7 Å². The molecule has 0 fully saturated rings. The summed E-state index contributed by atoms with van der Waals surface area (Å²) in [4.78, 5) is 35.1. The zero-order chi connectivity index (χ0) is 18.8. The van der Waals surface area contributed by atoms with Crippen LogP contribution in [-0.2, 0) is 20.7 Å². The summed E-state index contributed by atoms with van der Waals surface area (Å²) in [6.45, 7) is -0.462. The van der Waals surface area contributed by atoms with Gasteiger partial charge in [-0.3, -0.25) is 25.2 Å². The number of rotatable bonds is 7. The molecule has 2 N–H and O–H groups in total. The second-order valence-corrected chi connectivity index (χ2v) is 5.38. The highest BCUT2D eigenvalue weighted by molar-refractivity contribution is 5.95. The molecule has 26 heavy (non-hydrogen) atoms. The summed E-state index contributed by atoms with van der Waals surface area (Å²) in [7, 11) is 1.52. The fourth-order valence-corrected chi connectivity index (χ4v) is 2.09. The summed E-state index contributed by atoms with van der Waals surface area (Å²) in [6.07, 6.45) is 0.713. The lowest BCUT2D eigenvalue weighted by Crippen LogP contribution is -2.43. The minimum Gasteiger partial charge on any atom is -0.497 e. The van der Waals surface area contributed by atoms with Crippen LogP contribution in [-0.4, -0.2) is 31.5 Å². The number of carbonyl (C=O) groups is 3. The highest BCUT2D eigenvalue weighted by Gasteiger charge is 2.10. The van der Waals surface area contributed by atoms with Crippen LogP contribution in [0.15, 0.2) is 54.6 Å². The van der Waals surface area contributed by atoms with Gasteiger partial charge in [0.05, 0.1) is 7.11 Å². The Bertz CT molecular complexity index is 744. The number of amides is 2. The first-order valence-electron chi connectivity index (χ1n) is 8.01. The van der Waals surface area contributed by atoms with Crippen LogP contribution in [0.1, 0.15) is 22.3 Å². The van der Waals surface area contributed by atoms with E-state index in [0.717, 1.165) is 5.56 Å². The van der Waals surface area contributed by atoms with E-state index in [2.05, 4.69) is 10.9 Å². The van der Waals surface area contributed by atoms with Crippen molar-refractivity contribution < 1.29 is 23.9 Å². The SMILES string of the molecule is COc1ccc(C(=O)NNC(=O)COC(=O)CCc2ccccc2)cc1. The number of carbonyl (C=O) groups excluding carboxylic acids is 3. The van der Waals surface area contributed by atoms with Gasteiger partial charge in [-0.15, -0.1) is 0 Å². The van der Waals surface area contributed by atoms with Crippen molar-refractivity contribution in [3.8, 4) is 5.75 Å². The van der Waals surface area contributed by atoms with Crippen molar-refractivity contribution in [1.82, 2.24) is 10.9 Å². The van der Waals surface area contributed by atoms with Gasteiger partial charge in [0.25, 0.3) is 11.8 Å². The minimum atomic E-state index is -0.625. The van der Waals surface area contributed by atoms with Crippen LogP contribution in [0.4, 0.5) is 0 Å². The molecule has 7 nitrogen and oxygen atoms in total. The van der Waals surface area contributed by atoms with E-state index in [-0.39, 0.29) is 6.42 Å². The molecule has 0 radical (unpaired) electrons. The lowest BCUT2D eigenvalue weighted by molar-refractivity contribution is -0.148. The number of esters is 1. The molecule has 7 heteroatoms. The molecule has 2 rings (SSSR count). The molecule has 0 aliphatic heterocycles. The minimum absolute atomic E-state index is 0.176. The van der Waals surface area contributed by atoms with E-state index in [1.807, 2.05) is 30.3 Å². The van der Waals surface area contributed by atoms with E-state index in [0.29, 0.717) is 17.7 Å². The first kappa shape index (κ1) is 19.0. The van der Waals surface area contributed by atoms with E-state index < -0.39 is 24.4 Å². The van der Waals surface area contributed by atoms with E-state index in [4.69, 9.17) is 9.47 Å². The van der Waals surface area contributed by atoms with Crippen LogP contribution in [0.3, 0.4) is 0 Å². The second kappa shape index (κ2) is 9.83. The summed E-state index contributed by atoms with van der Waals surface area (Å²) < 4.78 is 9.87. The predicted octanol–water partition coefficient (Wildman–Crippen LogP) is 1.63. The molecule has 0 aliphatic rings. The van der Waals surface area contributed by atoms with Crippen molar-refractivity contribution in [3.63, 3.8) is 0 Å². The molecule has 0 aliphatic carbocycles. The zero-order valence-electron chi connectivity index (χ0n) is 14.4. The van der Waals surface area contributed by atoms with Gasteiger partial charge in [-0.2, -0.15) is 0 Å². The van der Waals surface area contributed by atoms with Gasteiger partial charge in [0.1, 0.15) is 5.75 Å². The van der Waals surface area contributed by atoms with Gasteiger partial charge in [-0.05, 0) is 36.2 Å². The van der Waals surface area contributed by atoms with Crippen molar-refractivity contribution in [1.29, 1.82) is 0 Å². The van der Waals surface area contributed by atoms with E-state index in [1.165, 1.54) is 7.11 Å². The molecule has 0 saturated carbocycles. The molecule has 0 heterocycles. The Labute approximate surface area is 151 Å². The average molecular weight is 356 g/mol. The smallest absolute Gasteiger partial charge is 0.306 e. The predicted molar refractivity (Wildman–Crippen MR) is 94.3 cm³/mol. The number of benzene rings is 2. The average Bonchev–Trinajstić information content (AvgIpc) is 2.69. The van der Waals surface area contributed by atoms with Crippen LogP contribution >= 0.6 is 0 Å². The van der Waals surface area contributed by atoms with Crippen molar-refractivity contribution in [2.45, 2.75) is 12.8 Å². The van der Waals surface area contributed by atoms with Gasteiger partial charge in [-0.25, -0.2) is 0 Å². The maximum atomic E-state index is 11.9. The fraction of sp³-hybridized carbons (Fsp3) is 0.211. The maximum Gasteiger partial charge on any atom is 0.306 e. The third kappa shape index (κ3) is 6.27. The van der Waals surface area contributed by atoms with E-state index >= 15 is 0 Å². The monoisotopic (exact) mass is 356 g/mol. The summed E-state index contributed by atoms with van der Waals surface area (Å²) in [6, 6.07) is 15.9. The topological polar surface area (TPSA) is 93.7 Å². The van der Waals surface area contributed by atoms with E-state index in [1.54, 1.807) is 24.3 Å². The van der Waals surface area contributed by atoms with Crippen LogP contribution in [0, 0.1) is 0 Å². The molecule has 2 aromatic carbocycles. The molecule has 0 saturated heterocycles. The van der Waals surface area contributed by atoms with Crippen molar-refractivity contribution in [2.24, 2.45) is 0 Å². The Morgan fingerprint density at radius 3 is 2.27 bits per heavy atom. The lowest BCUT2D eigenvalue weighted by Gasteiger charge is -2.08. The quantitative estimate of drug-likeness (QED) is 0.581. The summed E-state index contributed by atoms with van der Waals surface area (Å²) in [5.41, 5.74) is 5.81. The number of hydrazine groups is 1. The molecule has 0 aromatic heterocycles. The molecular formula is C19H20N2O5. The largest absolute Gasteiger partial charge is 0.497 e. The van der Waals surface area contributed by atoms with E-state index in [9.17, 15) is 14.4 Å². The number of methoxy groups -OCH3 is 1. The fourth-order valence-electron chi connectivity index (χ4n) is 2.09. The number of hydrogen-bond acceptors (Lipinski definition) is 5. The van der Waals surface area contributed by atoms with Gasteiger partial charge in [-0.1, -0.05) is 30.3 Å². The van der Waals surface area contributed by atoms with Crippen molar-refractivity contribution in [3.05, 3.63) is 65.7 Å². The Morgan fingerprint density at radius 1 is 0.923 bits per heavy atom.